The lowest BCUT2D eigenvalue weighted by Crippen LogP contribution is -2.56. The highest BCUT2D eigenvalue weighted by molar-refractivity contribution is 5.59. The van der Waals surface area contributed by atoms with Crippen LogP contribution >= 0.6 is 0 Å². The van der Waals surface area contributed by atoms with Crippen LogP contribution in [-0.4, -0.2) is 24.2 Å². The second-order valence-electron chi connectivity index (χ2n) is 11.0. The van der Waals surface area contributed by atoms with Gasteiger partial charge in [0, 0.05) is 30.2 Å². The summed E-state index contributed by atoms with van der Waals surface area (Å²) in [7, 11) is 0. The molecular weight excluding hydrogens is 364 g/mol. The molecule has 0 amide bonds. The van der Waals surface area contributed by atoms with E-state index in [2.05, 4.69) is 73.9 Å². The molecule has 6 rings (SSSR count). The first kappa shape index (κ1) is 18.9. The summed E-state index contributed by atoms with van der Waals surface area (Å²) in [6, 6.07) is 15.6. The quantitative estimate of drug-likeness (QED) is 0.607. The first-order valence-corrected chi connectivity index (χ1v) is 12.2. The summed E-state index contributed by atoms with van der Waals surface area (Å²) < 4.78 is 0. The summed E-state index contributed by atoms with van der Waals surface area (Å²) in [6.45, 7) is 12.8. The Bertz CT molecular complexity index is 994. The predicted octanol–water partition coefficient (Wildman–Crippen LogP) is 6.03. The molecule has 2 aliphatic carbocycles. The molecule has 0 spiro atoms. The van der Waals surface area contributed by atoms with Gasteiger partial charge in [0.25, 0.3) is 0 Å². The third-order valence-corrected chi connectivity index (χ3v) is 9.44. The minimum absolute atomic E-state index is 0.229. The van der Waals surface area contributed by atoms with Crippen LogP contribution in [0.15, 0.2) is 36.4 Å². The number of fused-ring (bicyclic) bond motifs is 6. The van der Waals surface area contributed by atoms with Crippen LogP contribution in [0, 0.1) is 31.6 Å². The molecule has 6 unspecified atom stereocenters. The Morgan fingerprint density at radius 1 is 0.933 bits per heavy atom. The van der Waals surface area contributed by atoms with Crippen LogP contribution < -0.4 is 4.90 Å². The van der Waals surface area contributed by atoms with Gasteiger partial charge in [-0.25, -0.2) is 0 Å². The van der Waals surface area contributed by atoms with Crippen LogP contribution in [0.4, 0.5) is 5.69 Å². The van der Waals surface area contributed by atoms with E-state index in [4.69, 9.17) is 0 Å². The fraction of sp³-hybridized carbons (Fsp3) is 0.571. The summed E-state index contributed by atoms with van der Waals surface area (Å²) in [5.74, 6) is 2.46. The van der Waals surface area contributed by atoms with E-state index in [0.29, 0.717) is 6.04 Å². The van der Waals surface area contributed by atoms with Crippen LogP contribution in [0.5, 0.6) is 0 Å². The lowest BCUT2D eigenvalue weighted by Gasteiger charge is -2.49. The normalized spacial score (nSPS) is 36.8. The van der Waals surface area contributed by atoms with Gasteiger partial charge in [0.2, 0.25) is 0 Å². The average molecular weight is 401 g/mol. The van der Waals surface area contributed by atoms with E-state index in [1.807, 2.05) is 0 Å². The Balaban J connectivity index is 1.47. The third-order valence-electron chi connectivity index (χ3n) is 9.44. The van der Waals surface area contributed by atoms with Crippen molar-refractivity contribution >= 4 is 5.69 Å². The molecule has 2 aromatic carbocycles. The van der Waals surface area contributed by atoms with Crippen molar-refractivity contribution < 1.29 is 0 Å². The van der Waals surface area contributed by atoms with Gasteiger partial charge in [0.05, 0.1) is 6.67 Å². The van der Waals surface area contributed by atoms with Gasteiger partial charge in [-0.15, -0.1) is 0 Å². The molecule has 2 aliphatic heterocycles. The Labute approximate surface area is 182 Å². The zero-order valence-electron chi connectivity index (χ0n) is 19.1. The molecule has 0 aromatic heterocycles. The Morgan fingerprint density at radius 2 is 1.73 bits per heavy atom. The number of benzene rings is 2. The Morgan fingerprint density at radius 3 is 2.47 bits per heavy atom. The smallest absolute Gasteiger partial charge is 0.0712 e. The third kappa shape index (κ3) is 2.59. The van der Waals surface area contributed by atoms with Crippen molar-refractivity contribution in [1.82, 2.24) is 4.90 Å². The molecule has 0 radical (unpaired) electrons. The molecule has 30 heavy (non-hydrogen) atoms. The van der Waals surface area contributed by atoms with E-state index < -0.39 is 0 Å². The number of nitrogens with zero attached hydrogens (tertiary/aromatic N) is 2. The van der Waals surface area contributed by atoms with Crippen molar-refractivity contribution in [2.75, 3.05) is 18.1 Å². The van der Waals surface area contributed by atoms with Gasteiger partial charge in [0.15, 0.2) is 0 Å². The molecule has 158 valence electrons. The fourth-order valence-corrected chi connectivity index (χ4v) is 7.37. The Hall–Kier alpha value is -1.80. The molecule has 2 heteroatoms. The van der Waals surface area contributed by atoms with Gasteiger partial charge < -0.3 is 4.90 Å². The van der Waals surface area contributed by atoms with E-state index in [0.717, 1.165) is 31.0 Å². The average Bonchev–Trinajstić information content (AvgIpc) is 3.36. The van der Waals surface area contributed by atoms with Crippen LogP contribution in [0.3, 0.4) is 0 Å². The van der Waals surface area contributed by atoms with Crippen LogP contribution in [0.25, 0.3) is 0 Å². The summed E-state index contributed by atoms with van der Waals surface area (Å²) in [5, 5.41) is 0. The molecule has 1 saturated heterocycles. The van der Waals surface area contributed by atoms with E-state index in [-0.39, 0.29) is 5.41 Å². The molecule has 0 N–H and O–H groups in total. The van der Waals surface area contributed by atoms with Crippen molar-refractivity contribution in [3.63, 3.8) is 0 Å². The molecule has 2 heterocycles. The van der Waals surface area contributed by atoms with E-state index >= 15 is 0 Å². The van der Waals surface area contributed by atoms with Gasteiger partial charge in [-0.3, -0.25) is 4.90 Å². The highest BCUT2D eigenvalue weighted by atomic mass is 15.4. The zero-order valence-corrected chi connectivity index (χ0v) is 19.1. The number of hydrogen-bond donors (Lipinski definition) is 0. The monoisotopic (exact) mass is 400 g/mol. The van der Waals surface area contributed by atoms with Crippen LogP contribution in [-0.2, 0) is 12.0 Å². The number of anilines is 1. The van der Waals surface area contributed by atoms with Crippen molar-refractivity contribution in [1.29, 1.82) is 0 Å². The fourth-order valence-electron chi connectivity index (χ4n) is 7.37. The lowest BCUT2D eigenvalue weighted by molar-refractivity contribution is 0.111. The maximum atomic E-state index is 2.68. The van der Waals surface area contributed by atoms with Crippen LogP contribution in [0.1, 0.15) is 67.3 Å². The predicted molar refractivity (Wildman–Crippen MR) is 125 cm³/mol. The standard InChI is InChI=1S/C28H36N2/c1-18-5-7-24(11-19(18)2)28(14-22-6-8-25(28)12-22)26-9-10-27-23(13-26)16-29-17-30(27)15-20(3)21(29)4/h5,7,9-11,13,20-22,25H,6,8,12,14-17H2,1-4H3. The molecule has 4 aliphatic rings. The topological polar surface area (TPSA) is 6.48 Å². The maximum Gasteiger partial charge on any atom is 0.0712 e. The molecule has 2 saturated carbocycles. The zero-order chi connectivity index (χ0) is 20.6. The summed E-state index contributed by atoms with van der Waals surface area (Å²) >= 11 is 0. The molecular formula is C28H36N2. The second kappa shape index (κ2) is 6.60. The van der Waals surface area contributed by atoms with E-state index in [9.17, 15) is 0 Å². The first-order chi connectivity index (χ1) is 14.5. The molecule has 2 aromatic rings. The van der Waals surface area contributed by atoms with Gasteiger partial charge in [-0.1, -0.05) is 43.7 Å². The largest absolute Gasteiger partial charge is 0.358 e. The van der Waals surface area contributed by atoms with Crippen molar-refractivity contribution in [3.8, 4) is 0 Å². The van der Waals surface area contributed by atoms with Gasteiger partial charge >= 0.3 is 0 Å². The van der Waals surface area contributed by atoms with Gasteiger partial charge in [0.1, 0.15) is 0 Å². The van der Waals surface area contributed by atoms with E-state index in [1.165, 1.54) is 49.0 Å². The molecule has 6 atom stereocenters. The number of rotatable bonds is 2. The lowest BCUT2D eigenvalue weighted by atomic mass is 9.63. The van der Waals surface area contributed by atoms with E-state index in [1.54, 1.807) is 16.7 Å². The highest BCUT2D eigenvalue weighted by Crippen LogP contribution is 2.60. The van der Waals surface area contributed by atoms with Crippen molar-refractivity contribution in [3.05, 3.63) is 64.2 Å². The SMILES string of the molecule is Cc1ccc(C2(c3ccc4c(c3)CN3CN4CC(C)C3C)CC3CCC2C3)cc1C. The van der Waals surface area contributed by atoms with Gasteiger partial charge in [-0.05, 0) is 91.7 Å². The minimum Gasteiger partial charge on any atom is -0.358 e. The first-order valence-electron chi connectivity index (χ1n) is 12.2. The van der Waals surface area contributed by atoms with Crippen molar-refractivity contribution in [2.24, 2.45) is 17.8 Å². The maximum absolute atomic E-state index is 2.68. The number of aryl methyl sites for hydroxylation is 2. The van der Waals surface area contributed by atoms with Crippen LogP contribution in [0.2, 0.25) is 0 Å². The summed E-state index contributed by atoms with van der Waals surface area (Å²) in [6.07, 6.45) is 5.62. The highest BCUT2D eigenvalue weighted by Gasteiger charge is 2.53. The molecule has 3 fully saturated rings. The summed E-state index contributed by atoms with van der Waals surface area (Å²) in [5.41, 5.74) is 9.32. The Kier molecular flexibility index (Phi) is 4.16. The second-order valence-corrected chi connectivity index (χ2v) is 11.0. The van der Waals surface area contributed by atoms with Gasteiger partial charge in [-0.2, -0.15) is 0 Å². The number of hydrogen-bond acceptors (Lipinski definition) is 2. The van der Waals surface area contributed by atoms with Crippen molar-refractivity contribution in [2.45, 2.75) is 71.4 Å². The minimum atomic E-state index is 0.229. The molecule has 4 bridgehead atoms. The summed E-state index contributed by atoms with van der Waals surface area (Å²) in [4.78, 5) is 5.31. The molecule has 2 nitrogen and oxygen atoms in total.